The van der Waals surface area contributed by atoms with E-state index in [2.05, 4.69) is 25.2 Å². The van der Waals surface area contributed by atoms with E-state index >= 15 is 0 Å². The Bertz CT molecular complexity index is 815. The number of nitrogens with zero attached hydrogens (tertiary/aromatic N) is 4. The maximum atomic E-state index is 12.2. The van der Waals surface area contributed by atoms with E-state index in [1.807, 2.05) is 22.9 Å². The molecule has 122 valence electrons. The summed E-state index contributed by atoms with van der Waals surface area (Å²) in [7, 11) is 0. The summed E-state index contributed by atoms with van der Waals surface area (Å²) >= 11 is 3.15. The van der Waals surface area contributed by atoms with Crippen molar-refractivity contribution in [2.45, 2.75) is 13.0 Å². The standard InChI is InChI=1S/C16H15N5OS2/c22-14(6-13-10-24-16-18-4-5-21(13)16)19-8-12-9-23-15(20-12)11-2-1-3-17-7-11/h1-3,7,9-10H,4-6,8H2,(H,19,22). The number of thioether (sulfide) groups is 1. The normalized spacial score (nSPS) is 15.9. The zero-order valence-corrected chi connectivity index (χ0v) is 14.4. The minimum atomic E-state index is 0.00549. The van der Waals surface area contributed by atoms with E-state index in [-0.39, 0.29) is 5.91 Å². The van der Waals surface area contributed by atoms with Crippen LogP contribution in [0.1, 0.15) is 12.1 Å². The highest BCUT2D eigenvalue weighted by Gasteiger charge is 2.27. The number of pyridine rings is 1. The average molecular weight is 357 g/mol. The van der Waals surface area contributed by atoms with Crippen LogP contribution >= 0.6 is 23.1 Å². The van der Waals surface area contributed by atoms with Gasteiger partial charge in [-0.1, -0.05) is 11.8 Å². The molecule has 0 unspecified atom stereocenters. The highest BCUT2D eigenvalue weighted by Crippen LogP contribution is 2.30. The molecule has 1 N–H and O–H groups in total. The Kier molecular flexibility index (Phi) is 4.31. The molecule has 4 heterocycles. The third kappa shape index (κ3) is 3.20. The van der Waals surface area contributed by atoms with Gasteiger partial charge in [0.15, 0.2) is 5.17 Å². The van der Waals surface area contributed by atoms with Crippen molar-refractivity contribution >= 4 is 34.2 Å². The maximum absolute atomic E-state index is 12.2. The average Bonchev–Trinajstić information content (AvgIpc) is 3.32. The van der Waals surface area contributed by atoms with Gasteiger partial charge in [-0.25, -0.2) is 4.98 Å². The second-order valence-corrected chi connectivity index (χ2v) is 7.08. The number of aromatic nitrogens is 2. The van der Waals surface area contributed by atoms with Gasteiger partial charge < -0.3 is 10.2 Å². The summed E-state index contributed by atoms with van der Waals surface area (Å²) in [6.45, 7) is 2.14. The van der Waals surface area contributed by atoms with E-state index in [0.29, 0.717) is 13.0 Å². The summed E-state index contributed by atoms with van der Waals surface area (Å²) in [5, 5.41) is 8.86. The van der Waals surface area contributed by atoms with E-state index in [1.165, 1.54) is 0 Å². The number of rotatable bonds is 5. The van der Waals surface area contributed by atoms with E-state index in [0.717, 1.165) is 40.2 Å². The van der Waals surface area contributed by atoms with Crippen LogP contribution in [0, 0.1) is 0 Å². The number of thiazole rings is 1. The molecule has 0 bridgehead atoms. The van der Waals surface area contributed by atoms with Gasteiger partial charge in [0, 0.05) is 35.6 Å². The molecule has 0 atom stereocenters. The SMILES string of the molecule is O=C(CC1=CSC2=NCCN12)NCc1csc(-c2cccnc2)n1. The predicted molar refractivity (Wildman–Crippen MR) is 96.5 cm³/mol. The highest BCUT2D eigenvalue weighted by atomic mass is 32.2. The van der Waals surface area contributed by atoms with Crippen LogP contribution in [-0.4, -0.2) is 39.0 Å². The first-order valence-corrected chi connectivity index (χ1v) is 9.35. The fraction of sp³-hybridized carbons (Fsp3) is 0.250. The van der Waals surface area contributed by atoms with Gasteiger partial charge in [-0.05, 0) is 17.5 Å². The topological polar surface area (TPSA) is 70.5 Å². The second-order valence-electron chi connectivity index (χ2n) is 5.38. The van der Waals surface area contributed by atoms with E-state index in [4.69, 9.17) is 0 Å². The molecule has 0 fully saturated rings. The summed E-state index contributed by atoms with van der Waals surface area (Å²) in [5.41, 5.74) is 2.89. The minimum absolute atomic E-state index is 0.00549. The van der Waals surface area contributed by atoms with Crippen molar-refractivity contribution in [2.75, 3.05) is 13.1 Å². The van der Waals surface area contributed by atoms with Crippen LogP contribution in [0.25, 0.3) is 10.6 Å². The molecule has 0 saturated heterocycles. The quantitative estimate of drug-likeness (QED) is 0.890. The minimum Gasteiger partial charge on any atom is -0.350 e. The predicted octanol–water partition coefficient (Wildman–Crippen LogP) is 2.47. The molecule has 4 rings (SSSR count). The summed E-state index contributed by atoms with van der Waals surface area (Å²) in [5.74, 6) is 0.00549. The monoisotopic (exact) mass is 357 g/mol. The fourth-order valence-corrected chi connectivity index (χ4v) is 4.31. The molecule has 24 heavy (non-hydrogen) atoms. The van der Waals surface area contributed by atoms with E-state index in [1.54, 1.807) is 35.5 Å². The molecule has 0 aliphatic carbocycles. The highest BCUT2D eigenvalue weighted by molar-refractivity contribution is 8.16. The van der Waals surface area contributed by atoms with Gasteiger partial charge in [-0.15, -0.1) is 11.3 Å². The smallest absolute Gasteiger partial charge is 0.226 e. The summed E-state index contributed by atoms with van der Waals surface area (Å²) < 4.78 is 0. The molecule has 8 heteroatoms. The van der Waals surface area contributed by atoms with Gasteiger partial charge in [-0.2, -0.15) is 0 Å². The Morgan fingerprint density at radius 1 is 1.42 bits per heavy atom. The second kappa shape index (κ2) is 6.74. The first-order chi connectivity index (χ1) is 11.8. The van der Waals surface area contributed by atoms with Crippen LogP contribution in [0.2, 0.25) is 0 Å². The Hall–Kier alpha value is -2.19. The first-order valence-electron chi connectivity index (χ1n) is 7.59. The molecule has 1 amide bonds. The zero-order chi connectivity index (χ0) is 16.4. The van der Waals surface area contributed by atoms with Gasteiger partial charge >= 0.3 is 0 Å². The van der Waals surface area contributed by atoms with Gasteiger partial charge in [0.25, 0.3) is 0 Å². The van der Waals surface area contributed by atoms with Crippen molar-refractivity contribution < 1.29 is 4.79 Å². The molecular weight excluding hydrogens is 342 g/mol. The molecule has 2 aromatic rings. The third-order valence-corrected chi connectivity index (χ3v) is 5.61. The number of hydrogen-bond acceptors (Lipinski definition) is 7. The van der Waals surface area contributed by atoms with Crippen LogP contribution in [0.3, 0.4) is 0 Å². The number of carbonyl (C=O) groups excluding carboxylic acids is 1. The lowest BCUT2D eigenvalue weighted by Gasteiger charge is -2.15. The van der Waals surface area contributed by atoms with Gasteiger partial charge in [0.1, 0.15) is 5.01 Å². The number of carbonyl (C=O) groups is 1. The molecule has 2 aliphatic heterocycles. The first kappa shape index (κ1) is 15.3. The molecule has 2 aliphatic rings. The number of fused-ring (bicyclic) bond motifs is 1. The van der Waals surface area contributed by atoms with Gasteiger partial charge in [0.05, 0.1) is 25.2 Å². The maximum Gasteiger partial charge on any atom is 0.226 e. The zero-order valence-electron chi connectivity index (χ0n) is 12.8. The third-order valence-electron chi connectivity index (χ3n) is 3.72. The van der Waals surface area contributed by atoms with Crippen LogP contribution in [-0.2, 0) is 11.3 Å². The number of hydrogen-bond donors (Lipinski definition) is 1. The lowest BCUT2D eigenvalue weighted by Crippen LogP contribution is -2.28. The van der Waals surface area contributed by atoms with E-state index in [9.17, 15) is 4.79 Å². The molecule has 0 aromatic carbocycles. The van der Waals surface area contributed by atoms with Crippen LogP contribution < -0.4 is 5.32 Å². The summed E-state index contributed by atoms with van der Waals surface area (Å²) in [4.78, 5) is 27.3. The Labute approximate surface area is 147 Å². The van der Waals surface area contributed by atoms with Crippen molar-refractivity contribution in [1.82, 2.24) is 20.2 Å². The number of amidine groups is 1. The van der Waals surface area contributed by atoms with Gasteiger partial charge in [-0.3, -0.25) is 14.8 Å². The molecule has 2 aromatic heterocycles. The largest absolute Gasteiger partial charge is 0.350 e. The molecule has 0 spiro atoms. The lowest BCUT2D eigenvalue weighted by atomic mass is 10.3. The molecule has 0 saturated carbocycles. The van der Waals surface area contributed by atoms with Crippen molar-refractivity contribution in [3.8, 4) is 10.6 Å². The Morgan fingerprint density at radius 2 is 2.38 bits per heavy atom. The number of aliphatic imine (C=N–C) groups is 1. The van der Waals surface area contributed by atoms with Crippen molar-refractivity contribution in [2.24, 2.45) is 4.99 Å². The Balaban J connectivity index is 1.32. The van der Waals surface area contributed by atoms with Crippen molar-refractivity contribution in [3.05, 3.63) is 46.7 Å². The molecular formula is C16H15N5OS2. The number of nitrogens with one attached hydrogen (secondary N) is 1. The van der Waals surface area contributed by atoms with E-state index < -0.39 is 0 Å². The van der Waals surface area contributed by atoms with Crippen LogP contribution in [0.15, 0.2) is 46.0 Å². The molecule has 0 radical (unpaired) electrons. The molecule has 6 nitrogen and oxygen atoms in total. The van der Waals surface area contributed by atoms with Crippen molar-refractivity contribution in [1.29, 1.82) is 0 Å². The Morgan fingerprint density at radius 3 is 3.25 bits per heavy atom. The summed E-state index contributed by atoms with van der Waals surface area (Å²) in [6, 6.07) is 3.87. The lowest BCUT2D eigenvalue weighted by molar-refractivity contribution is -0.120. The van der Waals surface area contributed by atoms with Crippen LogP contribution in [0.5, 0.6) is 0 Å². The number of amides is 1. The van der Waals surface area contributed by atoms with Gasteiger partial charge in [0.2, 0.25) is 5.91 Å². The van der Waals surface area contributed by atoms with Crippen molar-refractivity contribution in [3.63, 3.8) is 0 Å². The van der Waals surface area contributed by atoms with Crippen LogP contribution in [0.4, 0.5) is 0 Å². The summed E-state index contributed by atoms with van der Waals surface area (Å²) in [6.07, 6.45) is 3.91. The fourth-order valence-electron chi connectivity index (χ4n) is 2.54.